The van der Waals surface area contributed by atoms with Gasteiger partial charge in [0.25, 0.3) is 0 Å². The van der Waals surface area contributed by atoms with Crippen LogP contribution in [0.2, 0.25) is 0 Å². The van der Waals surface area contributed by atoms with E-state index in [2.05, 4.69) is 31.4 Å². The molecule has 0 fully saturated rings. The van der Waals surface area contributed by atoms with Gasteiger partial charge in [-0.05, 0) is 26.3 Å². The van der Waals surface area contributed by atoms with Gasteiger partial charge in [0, 0.05) is 18.5 Å². The van der Waals surface area contributed by atoms with E-state index >= 15 is 0 Å². The monoisotopic (exact) mass is 200 g/mol. The summed E-state index contributed by atoms with van der Waals surface area (Å²) in [6, 6.07) is 0.813. The highest BCUT2D eigenvalue weighted by atomic mass is 16.1. The molecule has 0 aromatic heterocycles. The van der Waals surface area contributed by atoms with Crippen molar-refractivity contribution >= 4 is 5.91 Å². The molecule has 0 saturated heterocycles. The van der Waals surface area contributed by atoms with Gasteiger partial charge in [-0.1, -0.05) is 20.8 Å². The normalized spacial score (nSPS) is 12.9. The lowest BCUT2D eigenvalue weighted by Crippen LogP contribution is -2.32. The Morgan fingerprint density at radius 3 is 2.43 bits per heavy atom. The summed E-state index contributed by atoms with van der Waals surface area (Å²) in [6.45, 7) is 9.25. The first kappa shape index (κ1) is 13.4. The minimum Gasteiger partial charge on any atom is -0.354 e. The molecular formula is C11H24N2O. The van der Waals surface area contributed by atoms with E-state index < -0.39 is 0 Å². The lowest BCUT2D eigenvalue weighted by atomic mass is 10.2. The minimum absolute atomic E-state index is 0.171. The molecule has 3 heteroatoms. The van der Waals surface area contributed by atoms with Crippen LogP contribution in [0.15, 0.2) is 0 Å². The van der Waals surface area contributed by atoms with Gasteiger partial charge < -0.3 is 10.6 Å². The summed E-state index contributed by atoms with van der Waals surface area (Å²) in [4.78, 5) is 11.3. The van der Waals surface area contributed by atoms with Gasteiger partial charge in [0.15, 0.2) is 0 Å². The molecule has 0 aliphatic rings. The zero-order valence-electron chi connectivity index (χ0n) is 9.89. The minimum atomic E-state index is 0.171. The summed E-state index contributed by atoms with van der Waals surface area (Å²) in [5.74, 6) is 0.171. The van der Waals surface area contributed by atoms with Crippen LogP contribution in [0.4, 0.5) is 0 Å². The Hall–Kier alpha value is -0.570. The maximum Gasteiger partial charge on any atom is 0.220 e. The zero-order valence-corrected chi connectivity index (χ0v) is 9.89. The van der Waals surface area contributed by atoms with E-state index in [0.717, 1.165) is 19.4 Å². The zero-order chi connectivity index (χ0) is 11.0. The SMILES string of the molecule is CCC(C)NC(=O)CCCNC(C)C. The highest BCUT2D eigenvalue weighted by molar-refractivity contribution is 5.76. The van der Waals surface area contributed by atoms with Crippen molar-refractivity contribution in [3.63, 3.8) is 0 Å². The first-order valence-electron chi connectivity index (χ1n) is 5.59. The third-order valence-corrected chi connectivity index (χ3v) is 2.15. The number of nitrogens with one attached hydrogen (secondary N) is 2. The van der Waals surface area contributed by atoms with Crippen LogP contribution in [-0.2, 0) is 4.79 Å². The fraction of sp³-hybridized carbons (Fsp3) is 0.909. The van der Waals surface area contributed by atoms with Gasteiger partial charge >= 0.3 is 0 Å². The highest BCUT2D eigenvalue weighted by Gasteiger charge is 2.04. The Bertz CT molecular complexity index is 157. The van der Waals surface area contributed by atoms with Crippen LogP contribution < -0.4 is 10.6 Å². The van der Waals surface area contributed by atoms with Crippen molar-refractivity contribution in [3.05, 3.63) is 0 Å². The lowest BCUT2D eigenvalue weighted by Gasteiger charge is -2.11. The maximum absolute atomic E-state index is 11.3. The van der Waals surface area contributed by atoms with Crippen molar-refractivity contribution in [1.29, 1.82) is 0 Å². The van der Waals surface area contributed by atoms with Crippen molar-refractivity contribution in [1.82, 2.24) is 10.6 Å². The van der Waals surface area contributed by atoms with E-state index in [1.807, 2.05) is 6.92 Å². The summed E-state index contributed by atoms with van der Waals surface area (Å²) in [5.41, 5.74) is 0. The molecule has 3 nitrogen and oxygen atoms in total. The second-order valence-electron chi connectivity index (χ2n) is 4.09. The molecule has 0 spiro atoms. The van der Waals surface area contributed by atoms with Crippen LogP contribution in [0.3, 0.4) is 0 Å². The summed E-state index contributed by atoms with van der Waals surface area (Å²) in [6.07, 6.45) is 2.54. The van der Waals surface area contributed by atoms with Crippen molar-refractivity contribution in [2.24, 2.45) is 0 Å². The van der Waals surface area contributed by atoms with E-state index in [-0.39, 0.29) is 5.91 Å². The molecule has 0 aliphatic carbocycles. The molecule has 0 aromatic carbocycles. The van der Waals surface area contributed by atoms with E-state index in [1.54, 1.807) is 0 Å². The summed E-state index contributed by atoms with van der Waals surface area (Å²) in [5, 5.41) is 6.24. The molecule has 1 atom stereocenters. The Morgan fingerprint density at radius 2 is 1.93 bits per heavy atom. The quantitative estimate of drug-likeness (QED) is 0.614. The maximum atomic E-state index is 11.3. The Morgan fingerprint density at radius 1 is 1.29 bits per heavy atom. The predicted molar refractivity (Wildman–Crippen MR) is 60.3 cm³/mol. The fourth-order valence-electron chi connectivity index (χ4n) is 1.09. The van der Waals surface area contributed by atoms with Crippen molar-refractivity contribution in [2.75, 3.05) is 6.54 Å². The first-order valence-corrected chi connectivity index (χ1v) is 5.59. The Kier molecular flexibility index (Phi) is 7.48. The van der Waals surface area contributed by atoms with Crippen LogP contribution >= 0.6 is 0 Å². The standard InChI is InChI=1S/C11H24N2O/c1-5-10(4)13-11(14)7-6-8-12-9(2)3/h9-10,12H,5-8H2,1-4H3,(H,13,14). The van der Waals surface area contributed by atoms with Gasteiger partial charge in [0.2, 0.25) is 5.91 Å². The number of carbonyl (C=O) groups excluding carboxylic acids is 1. The molecule has 0 radical (unpaired) electrons. The van der Waals surface area contributed by atoms with Crippen molar-refractivity contribution in [3.8, 4) is 0 Å². The molecule has 2 N–H and O–H groups in total. The lowest BCUT2D eigenvalue weighted by molar-refractivity contribution is -0.121. The smallest absolute Gasteiger partial charge is 0.220 e. The molecule has 14 heavy (non-hydrogen) atoms. The van der Waals surface area contributed by atoms with Gasteiger partial charge in [-0.3, -0.25) is 4.79 Å². The average molecular weight is 200 g/mol. The third kappa shape index (κ3) is 8.05. The van der Waals surface area contributed by atoms with Crippen molar-refractivity contribution < 1.29 is 4.79 Å². The summed E-state index contributed by atoms with van der Waals surface area (Å²) in [7, 11) is 0. The van der Waals surface area contributed by atoms with Crippen molar-refractivity contribution in [2.45, 2.75) is 59.0 Å². The third-order valence-electron chi connectivity index (χ3n) is 2.15. The Balaban J connectivity index is 3.36. The first-order chi connectivity index (χ1) is 6.56. The van der Waals surface area contributed by atoms with Crippen LogP contribution in [0, 0.1) is 0 Å². The van der Waals surface area contributed by atoms with Gasteiger partial charge in [-0.15, -0.1) is 0 Å². The number of carbonyl (C=O) groups is 1. The fourth-order valence-corrected chi connectivity index (χ4v) is 1.09. The molecule has 0 rings (SSSR count). The average Bonchev–Trinajstić information content (AvgIpc) is 2.12. The van der Waals surface area contributed by atoms with Gasteiger partial charge in [0.05, 0.1) is 0 Å². The van der Waals surface area contributed by atoms with E-state index in [9.17, 15) is 4.79 Å². The van der Waals surface area contributed by atoms with Gasteiger partial charge in [0.1, 0.15) is 0 Å². The van der Waals surface area contributed by atoms with Crippen LogP contribution in [0.5, 0.6) is 0 Å². The van der Waals surface area contributed by atoms with E-state index in [0.29, 0.717) is 18.5 Å². The van der Waals surface area contributed by atoms with Crippen LogP contribution in [0.1, 0.15) is 47.0 Å². The molecule has 1 amide bonds. The van der Waals surface area contributed by atoms with Crippen LogP contribution in [-0.4, -0.2) is 24.5 Å². The highest BCUT2D eigenvalue weighted by Crippen LogP contribution is 1.92. The summed E-state index contributed by atoms with van der Waals surface area (Å²) >= 11 is 0. The Labute approximate surface area is 87.6 Å². The number of rotatable bonds is 7. The van der Waals surface area contributed by atoms with Gasteiger partial charge in [-0.25, -0.2) is 0 Å². The molecule has 0 saturated carbocycles. The molecule has 1 unspecified atom stereocenters. The number of hydrogen-bond donors (Lipinski definition) is 2. The molecular weight excluding hydrogens is 176 g/mol. The van der Waals surface area contributed by atoms with E-state index in [4.69, 9.17) is 0 Å². The van der Waals surface area contributed by atoms with Gasteiger partial charge in [-0.2, -0.15) is 0 Å². The largest absolute Gasteiger partial charge is 0.354 e. The second-order valence-corrected chi connectivity index (χ2v) is 4.09. The van der Waals surface area contributed by atoms with Crippen LogP contribution in [0.25, 0.3) is 0 Å². The topological polar surface area (TPSA) is 41.1 Å². The van der Waals surface area contributed by atoms with E-state index in [1.165, 1.54) is 0 Å². The second kappa shape index (κ2) is 7.80. The number of hydrogen-bond acceptors (Lipinski definition) is 2. The molecule has 0 aliphatic heterocycles. The summed E-state index contributed by atoms with van der Waals surface area (Å²) < 4.78 is 0. The molecule has 0 bridgehead atoms. The molecule has 0 heterocycles. The molecule has 0 aromatic rings. The number of amides is 1. The predicted octanol–water partition coefficient (Wildman–Crippen LogP) is 1.68. The molecule has 84 valence electrons.